The molecule has 8 nitrogen and oxygen atoms in total. The molecule has 0 spiro atoms. The molecule has 1 atom stereocenters. The second kappa shape index (κ2) is 13.8. The fourth-order valence-corrected chi connectivity index (χ4v) is 5.47. The Morgan fingerprint density at radius 2 is 1.57 bits per heavy atom. The van der Waals surface area contributed by atoms with Crippen LogP contribution in [0, 0.1) is 23.4 Å². The van der Waals surface area contributed by atoms with Crippen LogP contribution in [-0.4, -0.2) is 73.0 Å². The first-order valence-electron chi connectivity index (χ1n) is 12.8. The number of piperidine rings is 2. The monoisotopic (exact) mass is 603 g/mol. The number of aliphatic hydroxyl groups is 1. The molecule has 220 valence electrons. The van der Waals surface area contributed by atoms with Crippen LogP contribution in [0.1, 0.15) is 25.7 Å². The van der Waals surface area contributed by atoms with Crippen LogP contribution in [0.15, 0.2) is 24.3 Å². The van der Waals surface area contributed by atoms with Crippen LogP contribution in [0.3, 0.4) is 0 Å². The molecule has 2 fully saturated rings. The van der Waals surface area contributed by atoms with Gasteiger partial charge in [0.2, 0.25) is 5.95 Å². The van der Waals surface area contributed by atoms with Crippen LogP contribution < -0.4 is 19.7 Å². The molecule has 13 heteroatoms. The van der Waals surface area contributed by atoms with Crippen LogP contribution >= 0.6 is 24.8 Å². The summed E-state index contributed by atoms with van der Waals surface area (Å²) < 4.78 is 53.4. The molecule has 0 aliphatic carbocycles. The van der Waals surface area contributed by atoms with E-state index in [4.69, 9.17) is 14.5 Å². The third kappa shape index (κ3) is 6.59. The van der Waals surface area contributed by atoms with Crippen molar-refractivity contribution in [2.45, 2.75) is 31.7 Å². The van der Waals surface area contributed by atoms with E-state index in [2.05, 4.69) is 20.1 Å². The first-order valence-corrected chi connectivity index (χ1v) is 12.8. The van der Waals surface area contributed by atoms with Gasteiger partial charge in [-0.2, -0.15) is 4.98 Å². The van der Waals surface area contributed by atoms with E-state index in [1.807, 2.05) is 0 Å². The molecule has 2 aromatic carbocycles. The second-order valence-electron chi connectivity index (χ2n) is 9.87. The van der Waals surface area contributed by atoms with Crippen molar-refractivity contribution >= 4 is 53.2 Å². The lowest BCUT2D eigenvalue weighted by Crippen LogP contribution is -2.49. The number of nitrogens with one attached hydrogen (secondary N) is 1. The Bertz CT molecular complexity index is 1290. The van der Waals surface area contributed by atoms with E-state index < -0.39 is 23.1 Å². The molecule has 2 aliphatic rings. The van der Waals surface area contributed by atoms with Crippen LogP contribution in [0.4, 0.5) is 30.6 Å². The van der Waals surface area contributed by atoms with Gasteiger partial charge in [-0.3, -0.25) is 4.90 Å². The first kappa shape index (κ1) is 31.8. The lowest BCUT2D eigenvalue weighted by molar-refractivity contribution is 0.0776. The van der Waals surface area contributed by atoms with Crippen molar-refractivity contribution in [2.24, 2.45) is 5.92 Å². The Morgan fingerprint density at radius 3 is 2.20 bits per heavy atom. The molecule has 0 bridgehead atoms. The normalized spacial score (nSPS) is 18.1. The number of ether oxygens (including phenoxy) is 2. The van der Waals surface area contributed by atoms with E-state index in [-0.39, 0.29) is 37.2 Å². The maximum absolute atomic E-state index is 14.5. The van der Waals surface area contributed by atoms with Crippen LogP contribution in [-0.2, 0) is 0 Å². The lowest BCUT2D eigenvalue weighted by Gasteiger charge is -2.42. The number of rotatable bonds is 7. The standard InChI is InChI=1S/C27H32F3N5O3.2ClH/c1-37-23-12-19-22(13-24(23)38-2)31-27(33-26(19)32-25-20(29)10-17(28)11-21(25)30)34-8-5-18(6-9-34)35-7-3-4-16(14-35)15-36;;/h10-13,16,18,36H,3-9,14-15H2,1-2H3,(H,31,32,33);2*1H. The third-order valence-electron chi connectivity index (χ3n) is 7.51. The highest BCUT2D eigenvalue weighted by Crippen LogP contribution is 2.37. The number of benzene rings is 2. The molecule has 40 heavy (non-hydrogen) atoms. The summed E-state index contributed by atoms with van der Waals surface area (Å²) in [5.74, 6) is -1.37. The van der Waals surface area contributed by atoms with Gasteiger partial charge in [-0.1, -0.05) is 0 Å². The zero-order valence-corrected chi connectivity index (χ0v) is 24.0. The molecule has 0 saturated carbocycles. The zero-order valence-electron chi connectivity index (χ0n) is 22.3. The van der Waals surface area contributed by atoms with Crippen molar-refractivity contribution in [2.75, 3.05) is 57.2 Å². The van der Waals surface area contributed by atoms with Gasteiger partial charge in [0.25, 0.3) is 0 Å². The zero-order chi connectivity index (χ0) is 26.8. The third-order valence-corrected chi connectivity index (χ3v) is 7.51. The van der Waals surface area contributed by atoms with Crippen LogP contribution in [0.2, 0.25) is 0 Å². The first-order chi connectivity index (χ1) is 18.4. The Balaban J connectivity index is 0.00000220. The second-order valence-corrected chi connectivity index (χ2v) is 9.87. The average Bonchev–Trinajstić information content (AvgIpc) is 2.94. The average molecular weight is 605 g/mol. The van der Waals surface area contributed by atoms with E-state index >= 15 is 0 Å². The van der Waals surface area contributed by atoms with Crippen molar-refractivity contribution in [3.63, 3.8) is 0 Å². The van der Waals surface area contributed by atoms with E-state index in [0.29, 0.717) is 65.5 Å². The van der Waals surface area contributed by atoms with E-state index in [1.165, 1.54) is 14.2 Å². The fourth-order valence-electron chi connectivity index (χ4n) is 5.47. The molecule has 5 rings (SSSR count). The summed E-state index contributed by atoms with van der Waals surface area (Å²) in [6.07, 6.45) is 3.98. The molecule has 3 heterocycles. The van der Waals surface area contributed by atoms with Gasteiger partial charge < -0.3 is 24.8 Å². The molecule has 3 aromatic rings. The van der Waals surface area contributed by atoms with Gasteiger partial charge in [0.05, 0.1) is 19.7 Å². The number of aliphatic hydroxyl groups excluding tert-OH is 1. The maximum Gasteiger partial charge on any atom is 0.227 e. The van der Waals surface area contributed by atoms with E-state index in [0.717, 1.165) is 38.8 Å². The van der Waals surface area contributed by atoms with Gasteiger partial charge in [0.1, 0.15) is 17.3 Å². The van der Waals surface area contributed by atoms with Crippen molar-refractivity contribution < 1.29 is 27.8 Å². The minimum atomic E-state index is -1.07. The van der Waals surface area contributed by atoms with Crippen LogP contribution in [0.5, 0.6) is 11.5 Å². The smallest absolute Gasteiger partial charge is 0.227 e. The highest BCUT2D eigenvalue weighted by Gasteiger charge is 2.30. The Labute approximate surface area is 243 Å². The van der Waals surface area contributed by atoms with Gasteiger partial charge in [0.15, 0.2) is 23.1 Å². The number of aromatic nitrogens is 2. The highest BCUT2D eigenvalue weighted by molar-refractivity contribution is 5.94. The van der Waals surface area contributed by atoms with E-state index in [9.17, 15) is 18.3 Å². The molecule has 0 amide bonds. The number of anilines is 3. The molecule has 1 aromatic heterocycles. The Kier molecular flexibility index (Phi) is 10.9. The summed E-state index contributed by atoms with van der Waals surface area (Å²) in [5.41, 5.74) is -0.00333. The highest BCUT2D eigenvalue weighted by atomic mass is 35.5. The minimum Gasteiger partial charge on any atom is -0.493 e. The van der Waals surface area contributed by atoms with Crippen molar-refractivity contribution in [3.05, 3.63) is 41.7 Å². The quantitative estimate of drug-likeness (QED) is 0.375. The Hall–Kier alpha value is -2.73. The van der Waals surface area contributed by atoms with Crippen molar-refractivity contribution in [1.82, 2.24) is 14.9 Å². The van der Waals surface area contributed by atoms with Gasteiger partial charge in [-0.25, -0.2) is 18.2 Å². The largest absolute Gasteiger partial charge is 0.493 e. The number of nitrogens with zero attached hydrogens (tertiary/aromatic N) is 4. The van der Waals surface area contributed by atoms with Crippen LogP contribution in [0.25, 0.3) is 10.9 Å². The molecule has 2 saturated heterocycles. The number of fused-ring (bicyclic) bond motifs is 1. The number of methoxy groups -OCH3 is 2. The molecule has 2 aliphatic heterocycles. The topological polar surface area (TPSA) is 83.0 Å². The lowest BCUT2D eigenvalue weighted by atomic mass is 9.94. The molecule has 1 unspecified atom stereocenters. The summed E-state index contributed by atoms with van der Waals surface area (Å²) in [7, 11) is 3.00. The fraction of sp³-hybridized carbons (Fsp3) is 0.481. The summed E-state index contributed by atoms with van der Waals surface area (Å²) >= 11 is 0. The number of hydrogen-bond donors (Lipinski definition) is 2. The van der Waals surface area contributed by atoms with Crippen molar-refractivity contribution in [1.29, 1.82) is 0 Å². The number of likely N-dealkylation sites (tertiary alicyclic amines) is 1. The molecule has 2 N–H and O–H groups in total. The number of hydrogen-bond acceptors (Lipinski definition) is 8. The predicted octanol–water partition coefficient (Wildman–Crippen LogP) is 5.32. The predicted molar refractivity (Wildman–Crippen MR) is 153 cm³/mol. The minimum absolute atomic E-state index is 0. The summed E-state index contributed by atoms with van der Waals surface area (Å²) in [4.78, 5) is 13.9. The van der Waals surface area contributed by atoms with Crippen molar-refractivity contribution in [3.8, 4) is 11.5 Å². The van der Waals surface area contributed by atoms with Gasteiger partial charge >= 0.3 is 0 Å². The Morgan fingerprint density at radius 1 is 0.925 bits per heavy atom. The molecular weight excluding hydrogens is 570 g/mol. The summed E-state index contributed by atoms with van der Waals surface area (Å²) in [5, 5.41) is 12.8. The summed E-state index contributed by atoms with van der Waals surface area (Å²) in [6, 6.07) is 4.99. The summed E-state index contributed by atoms with van der Waals surface area (Å²) in [6.45, 7) is 3.60. The molecule has 0 radical (unpaired) electrons. The maximum atomic E-state index is 14.5. The van der Waals surface area contributed by atoms with Gasteiger partial charge in [0, 0.05) is 55.9 Å². The SMILES string of the molecule is COc1cc2nc(N3CCC(N4CCCC(CO)C4)CC3)nc(Nc3c(F)cc(F)cc3F)c2cc1OC.Cl.Cl. The van der Waals surface area contributed by atoms with E-state index in [1.54, 1.807) is 12.1 Å². The van der Waals surface area contributed by atoms with Gasteiger partial charge in [-0.15, -0.1) is 24.8 Å². The number of halogens is 5. The molecular formula is C27H34Cl2F3N5O3. The van der Waals surface area contributed by atoms with Gasteiger partial charge in [-0.05, 0) is 44.2 Å².